The van der Waals surface area contributed by atoms with E-state index in [1.54, 1.807) is 37.4 Å². The maximum Gasteiger partial charge on any atom is 0.263 e. The standard InChI is InChI=1S/C26H24N2O5S/c1-33-22-13-11-19(12-14-22)18-7-9-20(10-8-18)25(29)27-15-4-16-28-26(30)24-17-21-5-2-3-6-23(21)34(24,31)32/h2-3,5-14,17H,4,15-16H2,1H3,(H,27,29)(H,28,30). The molecule has 1 aliphatic rings. The van der Waals surface area contributed by atoms with Gasteiger partial charge in [0, 0.05) is 18.7 Å². The molecule has 0 aromatic heterocycles. The predicted octanol–water partition coefficient (Wildman–Crippen LogP) is 3.43. The second-order valence-electron chi connectivity index (χ2n) is 7.72. The molecule has 0 aliphatic carbocycles. The Morgan fingerprint density at radius 3 is 2.00 bits per heavy atom. The summed E-state index contributed by atoms with van der Waals surface area (Å²) in [5, 5.41) is 5.42. The molecule has 1 heterocycles. The Kier molecular flexibility index (Phi) is 6.79. The number of benzene rings is 3. The van der Waals surface area contributed by atoms with Gasteiger partial charge in [0.05, 0.1) is 12.0 Å². The van der Waals surface area contributed by atoms with Gasteiger partial charge in [0.25, 0.3) is 11.8 Å². The molecule has 0 radical (unpaired) electrons. The number of ether oxygens (including phenoxy) is 1. The summed E-state index contributed by atoms with van der Waals surface area (Å²) in [6.07, 6.45) is 1.85. The van der Waals surface area contributed by atoms with Gasteiger partial charge in [-0.3, -0.25) is 9.59 Å². The topological polar surface area (TPSA) is 102 Å². The van der Waals surface area contributed by atoms with Gasteiger partial charge in [-0.15, -0.1) is 0 Å². The molecule has 3 aromatic rings. The van der Waals surface area contributed by atoms with Crippen LogP contribution in [0, 0.1) is 0 Å². The summed E-state index contributed by atoms with van der Waals surface area (Å²) >= 11 is 0. The summed E-state index contributed by atoms with van der Waals surface area (Å²) in [4.78, 5) is 24.7. The SMILES string of the molecule is COc1ccc(-c2ccc(C(=O)NCCCNC(=O)C3=Cc4ccccc4S3(=O)=O)cc2)cc1. The normalized spacial score (nSPS) is 13.5. The van der Waals surface area contributed by atoms with Crippen LogP contribution < -0.4 is 15.4 Å². The number of rotatable bonds is 8. The summed E-state index contributed by atoms with van der Waals surface area (Å²) in [7, 11) is -2.17. The largest absolute Gasteiger partial charge is 0.497 e. The summed E-state index contributed by atoms with van der Waals surface area (Å²) in [5.74, 6) is -0.0802. The first-order valence-electron chi connectivity index (χ1n) is 10.8. The average molecular weight is 477 g/mol. The van der Waals surface area contributed by atoms with Gasteiger partial charge in [-0.1, -0.05) is 42.5 Å². The number of nitrogens with one attached hydrogen (secondary N) is 2. The molecule has 4 rings (SSSR count). The van der Waals surface area contributed by atoms with Crippen LogP contribution in [0.4, 0.5) is 0 Å². The lowest BCUT2D eigenvalue weighted by Gasteiger charge is -2.08. The fraction of sp³-hybridized carbons (Fsp3) is 0.154. The van der Waals surface area contributed by atoms with Crippen LogP contribution in [-0.4, -0.2) is 40.4 Å². The molecule has 0 unspecified atom stereocenters. The smallest absolute Gasteiger partial charge is 0.263 e. The van der Waals surface area contributed by atoms with Crippen molar-refractivity contribution in [2.45, 2.75) is 11.3 Å². The van der Waals surface area contributed by atoms with Gasteiger partial charge in [0.15, 0.2) is 0 Å². The van der Waals surface area contributed by atoms with Gasteiger partial charge in [-0.05, 0) is 59.5 Å². The summed E-state index contributed by atoms with van der Waals surface area (Å²) in [5.41, 5.74) is 3.05. The number of sulfone groups is 1. The second kappa shape index (κ2) is 9.93. The molecule has 1 aliphatic heterocycles. The molecule has 0 fully saturated rings. The first-order valence-corrected chi connectivity index (χ1v) is 12.2. The van der Waals surface area contributed by atoms with E-state index in [-0.39, 0.29) is 22.3 Å². The molecule has 0 bridgehead atoms. The van der Waals surface area contributed by atoms with Crippen molar-refractivity contribution in [3.8, 4) is 16.9 Å². The minimum absolute atomic E-state index is 0.144. The number of amides is 2. The van der Waals surface area contributed by atoms with Crippen molar-refractivity contribution in [3.05, 3.63) is 88.8 Å². The Bertz CT molecular complexity index is 1340. The van der Waals surface area contributed by atoms with Crippen molar-refractivity contribution < 1.29 is 22.7 Å². The van der Waals surface area contributed by atoms with Crippen molar-refractivity contribution in [1.29, 1.82) is 0 Å². The molecular formula is C26H24N2O5S. The highest BCUT2D eigenvalue weighted by molar-refractivity contribution is 7.96. The van der Waals surface area contributed by atoms with E-state index in [2.05, 4.69) is 10.6 Å². The van der Waals surface area contributed by atoms with Crippen LogP contribution in [0.3, 0.4) is 0 Å². The number of hydrogen-bond acceptors (Lipinski definition) is 5. The monoisotopic (exact) mass is 476 g/mol. The molecule has 0 atom stereocenters. The van der Waals surface area contributed by atoms with Gasteiger partial charge in [0.2, 0.25) is 9.84 Å². The van der Waals surface area contributed by atoms with Gasteiger partial charge >= 0.3 is 0 Å². The maximum absolute atomic E-state index is 12.5. The second-order valence-corrected chi connectivity index (χ2v) is 9.61. The number of carbonyl (C=O) groups excluding carboxylic acids is 2. The number of methoxy groups -OCH3 is 1. The number of carbonyl (C=O) groups is 2. The zero-order chi connectivity index (χ0) is 24.1. The van der Waals surface area contributed by atoms with E-state index in [0.29, 0.717) is 24.1 Å². The molecule has 0 spiro atoms. The highest BCUT2D eigenvalue weighted by Crippen LogP contribution is 2.32. The fourth-order valence-electron chi connectivity index (χ4n) is 3.65. The van der Waals surface area contributed by atoms with Crippen molar-refractivity contribution in [2.75, 3.05) is 20.2 Å². The predicted molar refractivity (Wildman–Crippen MR) is 130 cm³/mol. The molecule has 34 heavy (non-hydrogen) atoms. The van der Waals surface area contributed by atoms with E-state index in [9.17, 15) is 18.0 Å². The highest BCUT2D eigenvalue weighted by Gasteiger charge is 2.33. The third-order valence-electron chi connectivity index (χ3n) is 5.50. The van der Waals surface area contributed by atoms with Crippen LogP contribution in [0.5, 0.6) is 5.75 Å². The van der Waals surface area contributed by atoms with E-state index in [4.69, 9.17) is 4.74 Å². The van der Waals surface area contributed by atoms with Gasteiger partial charge in [0.1, 0.15) is 10.7 Å². The molecule has 174 valence electrons. The molecular weight excluding hydrogens is 452 g/mol. The van der Waals surface area contributed by atoms with E-state index in [1.807, 2.05) is 36.4 Å². The minimum Gasteiger partial charge on any atom is -0.497 e. The highest BCUT2D eigenvalue weighted by atomic mass is 32.2. The van der Waals surface area contributed by atoms with E-state index in [1.165, 1.54) is 12.1 Å². The Balaban J connectivity index is 1.23. The van der Waals surface area contributed by atoms with Crippen LogP contribution >= 0.6 is 0 Å². The fourth-order valence-corrected chi connectivity index (χ4v) is 5.18. The Morgan fingerprint density at radius 1 is 0.794 bits per heavy atom. The Morgan fingerprint density at radius 2 is 1.38 bits per heavy atom. The first-order chi connectivity index (χ1) is 16.4. The molecule has 0 saturated heterocycles. The van der Waals surface area contributed by atoms with Crippen LogP contribution in [-0.2, 0) is 14.6 Å². The molecule has 7 nitrogen and oxygen atoms in total. The molecule has 2 amide bonds. The summed E-state index contributed by atoms with van der Waals surface area (Å²) < 4.78 is 30.2. The van der Waals surface area contributed by atoms with Crippen molar-refractivity contribution in [2.24, 2.45) is 0 Å². The zero-order valence-corrected chi connectivity index (χ0v) is 19.4. The van der Waals surface area contributed by atoms with E-state index >= 15 is 0 Å². The van der Waals surface area contributed by atoms with Crippen molar-refractivity contribution >= 4 is 27.7 Å². The Hall–Kier alpha value is -3.91. The quantitative estimate of drug-likeness (QED) is 0.485. The lowest BCUT2D eigenvalue weighted by Crippen LogP contribution is -2.31. The van der Waals surface area contributed by atoms with Crippen molar-refractivity contribution in [1.82, 2.24) is 10.6 Å². The molecule has 2 N–H and O–H groups in total. The average Bonchev–Trinajstić information content (AvgIpc) is 3.14. The minimum atomic E-state index is -3.79. The van der Waals surface area contributed by atoms with E-state index in [0.717, 1.165) is 16.9 Å². The Labute approximate surface area is 198 Å². The third kappa shape index (κ3) is 4.87. The lowest BCUT2D eigenvalue weighted by molar-refractivity contribution is -0.116. The third-order valence-corrected chi connectivity index (χ3v) is 7.34. The van der Waals surface area contributed by atoms with E-state index < -0.39 is 15.7 Å². The van der Waals surface area contributed by atoms with Gasteiger partial charge in [-0.25, -0.2) is 8.42 Å². The van der Waals surface area contributed by atoms with Crippen LogP contribution in [0.2, 0.25) is 0 Å². The van der Waals surface area contributed by atoms with Crippen LogP contribution in [0.25, 0.3) is 17.2 Å². The molecule has 8 heteroatoms. The molecule has 3 aromatic carbocycles. The number of fused-ring (bicyclic) bond motifs is 1. The van der Waals surface area contributed by atoms with Gasteiger partial charge < -0.3 is 15.4 Å². The number of hydrogen-bond donors (Lipinski definition) is 2. The van der Waals surface area contributed by atoms with Crippen LogP contribution in [0.1, 0.15) is 22.3 Å². The maximum atomic E-state index is 12.5. The zero-order valence-electron chi connectivity index (χ0n) is 18.6. The first kappa shape index (κ1) is 23.3. The molecule has 0 saturated carbocycles. The summed E-state index contributed by atoms with van der Waals surface area (Å²) in [6, 6.07) is 21.4. The lowest BCUT2D eigenvalue weighted by atomic mass is 10.0. The van der Waals surface area contributed by atoms with Crippen molar-refractivity contribution in [3.63, 3.8) is 0 Å². The van der Waals surface area contributed by atoms with Crippen LogP contribution in [0.15, 0.2) is 82.6 Å². The van der Waals surface area contributed by atoms with Gasteiger partial charge in [-0.2, -0.15) is 0 Å². The summed E-state index contributed by atoms with van der Waals surface area (Å²) in [6.45, 7) is 0.574.